The number of aliphatic carboxylic acids is 1. The maximum absolute atomic E-state index is 11.9. The summed E-state index contributed by atoms with van der Waals surface area (Å²) in [5, 5.41) is 18.0. The summed E-state index contributed by atoms with van der Waals surface area (Å²) in [4.78, 5) is 10.8. The molecule has 1 aromatic rings. The lowest BCUT2D eigenvalue weighted by atomic mass is 10.2. The summed E-state index contributed by atoms with van der Waals surface area (Å²) < 4.78 is 25.7. The van der Waals surface area contributed by atoms with E-state index in [9.17, 15) is 18.3 Å². The van der Waals surface area contributed by atoms with Gasteiger partial charge in [-0.05, 0) is 26.0 Å². The maximum Gasteiger partial charge on any atom is 0.324 e. The van der Waals surface area contributed by atoms with Gasteiger partial charge in [-0.15, -0.1) is 0 Å². The summed E-state index contributed by atoms with van der Waals surface area (Å²) in [6, 6.07) is 4.38. The molecule has 100 valence electrons. The third-order valence-corrected chi connectivity index (χ3v) is 3.82. The van der Waals surface area contributed by atoms with Gasteiger partial charge in [0, 0.05) is 0 Å². The molecule has 1 rings (SSSR count). The van der Waals surface area contributed by atoms with E-state index in [0.717, 1.165) is 5.56 Å². The lowest BCUT2D eigenvalue weighted by Gasteiger charge is -2.17. The van der Waals surface area contributed by atoms with Crippen molar-refractivity contribution in [2.75, 3.05) is 0 Å². The van der Waals surface area contributed by atoms with Crippen LogP contribution in [0, 0.1) is 6.92 Å². The molecule has 0 aliphatic carbocycles. The fourth-order valence-corrected chi connectivity index (χ4v) is 2.57. The third-order valence-electron chi connectivity index (χ3n) is 2.36. The van der Waals surface area contributed by atoms with E-state index in [1.807, 2.05) is 4.72 Å². The predicted octanol–water partition coefficient (Wildman–Crippen LogP) is 0.107. The van der Waals surface area contributed by atoms with Gasteiger partial charge in [0.1, 0.15) is 6.04 Å². The molecule has 0 saturated carbocycles. The summed E-state index contributed by atoms with van der Waals surface area (Å²) in [6.45, 7) is 3.01. The number of aliphatic hydroxyl groups is 1. The molecule has 0 fully saturated rings. The van der Waals surface area contributed by atoms with Crippen molar-refractivity contribution in [2.45, 2.75) is 30.9 Å². The second-order valence-corrected chi connectivity index (χ2v) is 5.70. The Balaban J connectivity index is 3.01. The summed E-state index contributed by atoms with van der Waals surface area (Å²) in [7, 11) is -3.96. The minimum Gasteiger partial charge on any atom is -0.480 e. The highest BCUT2D eigenvalue weighted by molar-refractivity contribution is 7.89. The number of carbonyl (C=O) groups is 1. The van der Waals surface area contributed by atoms with Gasteiger partial charge in [-0.2, -0.15) is 4.72 Å². The average molecular weight is 273 g/mol. The quantitative estimate of drug-likeness (QED) is 0.706. The third kappa shape index (κ3) is 3.52. The second-order valence-electron chi connectivity index (χ2n) is 3.99. The minimum absolute atomic E-state index is 0.0417. The fraction of sp³-hybridized carbons (Fsp3) is 0.364. The highest BCUT2D eigenvalue weighted by Crippen LogP contribution is 2.11. The summed E-state index contributed by atoms with van der Waals surface area (Å²) >= 11 is 0. The fourth-order valence-electron chi connectivity index (χ4n) is 1.31. The van der Waals surface area contributed by atoms with Gasteiger partial charge in [-0.25, -0.2) is 8.42 Å². The molecule has 7 heteroatoms. The average Bonchev–Trinajstić information content (AvgIpc) is 2.26. The van der Waals surface area contributed by atoms with E-state index in [0.29, 0.717) is 0 Å². The van der Waals surface area contributed by atoms with Crippen LogP contribution < -0.4 is 4.72 Å². The molecule has 18 heavy (non-hydrogen) atoms. The topological polar surface area (TPSA) is 104 Å². The van der Waals surface area contributed by atoms with Crippen LogP contribution in [0.25, 0.3) is 0 Å². The molecule has 0 amide bonds. The number of rotatable bonds is 5. The number of hydrogen-bond acceptors (Lipinski definition) is 4. The molecule has 1 aromatic carbocycles. The maximum atomic E-state index is 11.9. The molecular weight excluding hydrogens is 258 g/mol. The van der Waals surface area contributed by atoms with E-state index >= 15 is 0 Å². The zero-order chi connectivity index (χ0) is 13.9. The zero-order valence-corrected chi connectivity index (χ0v) is 10.8. The Morgan fingerprint density at radius 3 is 2.17 bits per heavy atom. The van der Waals surface area contributed by atoms with E-state index in [2.05, 4.69) is 0 Å². The largest absolute Gasteiger partial charge is 0.480 e. The minimum atomic E-state index is -3.96. The molecular formula is C11H15NO5S. The molecule has 0 heterocycles. The second kappa shape index (κ2) is 5.47. The molecule has 0 radical (unpaired) electrons. The van der Waals surface area contributed by atoms with Gasteiger partial charge in [0.05, 0.1) is 11.0 Å². The first-order chi connectivity index (χ1) is 8.24. The SMILES string of the molecule is Cc1ccc(S(=O)(=O)N[C@H](C(=O)O)[C@H](C)O)cc1. The first-order valence-electron chi connectivity index (χ1n) is 5.24. The number of hydrogen-bond donors (Lipinski definition) is 3. The lowest BCUT2D eigenvalue weighted by Crippen LogP contribution is -2.47. The molecule has 0 aliphatic heterocycles. The molecule has 0 aromatic heterocycles. The Bertz CT molecular complexity index is 521. The first-order valence-corrected chi connectivity index (χ1v) is 6.72. The van der Waals surface area contributed by atoms with Crippen molar-refractivity contribution in [2.24, 2.45) is 0 Å². The van der Waals surface area contributed by atoms with Crippen LogP contribution in [0.2, 0.25) is 0 Å². The van der Waals surface area contributed by atoms with Gasteiger partial charge >= 0.3 is 5.97 Å². The Morgan fingerprint density at radius 1 is 1.28 bits per heavy atom. The van der Waals surface area contributed by atoms with Crippen molar-refractivity contribution >= 4 is 16.0 Å². The van der Waals surface area contributed by atoms with Gasteiger partial charge in [-0.1, -0.05) is 17.7 Å². The van der Waals surface area contributed by atoms with E-state index in [1.54, 1.807) is 19.1 Å². The summed E-state index contributed by atoms with van der Waals surface area (Å²) in [5.41, 5.74) is 0.888. The van der Waals surface area contributed by atoms with Crippen LogP contribution in [0.3, 0.4) is 0 Å². The van der Waals surface area contributed by atoms with Gasteiger partial charge in [0.15, 0.2) is 0 Å². The van der Waals surface area contributed by atoms with Crippen molar-refractivity contribution in [1.29, 1.82) is 0 Å². The normalized spacial score (nSPS) is 15.1. The number of carboxylic acid groups (broad SMARTS) is 1. The molecule has 0 spiro atoms. The predicted molar refractivity (Wildman–Crippen MR) is 64.6 cm³/mol. The van der Waals surface area contributed by atoms with Crippen molar-refractivity contribution in [3.8, 4) is 0 Å². The molecule has 0 saturated heterocycles. The number of carboxylic acids is 1. The van der Waals surface area contributed by atoms with Gasteiger partial charge in [0.25, 0.3) is 0 Å². The number of benzene rings is 1. The Hall–Kier alpha value is -1.44. The van der Waals surface area contributed by atoms with Gasteiger partial charge < -0.3 is 10.2 Å². The van der Waals surface area contributed by atoms with Crippen LogP contribution in [0.15, 0.2) is 29.2 Å². The number of aryl methyl sites for hydroxylation is 1. The van der Waals surface area contributed by atoms with Crippen molar-refractivity contribution in [1.82, 2.24) is 4.72 Å². The highest BCUT2D eigenvalue weighted by atomic mass is 32.2. The molecule has 0 bridgehead atoms. The van der Waals surface area contributed by atoms with Crippen molar-refractivity contribution in [3.63, 3.8) is 0 Å². The monoisotopic (exact) mass is 273 g/mol. The van der Waals surface area contributed by atoms with Crippen LogP contribution in [-0.4, -0.2) is 36.7 Å². The molecule has 0 aliphatic rings. The zero-order valence-electron chi connectivity index (χ0n) is 9.99. The van der Waals surface area contributed by atoms with E-state index in [1.165, 1.54) is 19.1 Å². The molecule has 2 atom stereocenters. The van der Waals surface area contributed by atoms with E-state index in [4.69, 9.17) is 5.11 Å². The van der Waals surface area contributed by atoms with Crippen LogP contribution in [0.5, 0.6) is 0 Å². The van der Waals surface area contributed by atoms with Crippen LogP contribution in [-0.2, 0) is 14.8 Å². The van der Waals surface area contributed by atoms with Crippen molar-refractivity contribution < 1.29 is 23.4 Å². The van der Waals surface area contributed by atoms with Crippen LogP contribution >= 0.6 is 0 Å². The molecule has 6 nitrogen and oxygen atoms in total. The van der Waals surface area contributed by atoms with Crippen molar-refractivity contribution in [3.05, 3.63) is 29.8 Å². The van der Waals surface area contributed by atoms with Gasteiger partial charge in [0.2, 0.25) is 10.0 Å². The number of aliphatic hydroxyl groups excluding tert-OH is 1. The Kier molecular flexibility index (Phi) is 4.44. The number of sulfonamides is 1. The highest BCUT2D eigenvalue weighted by Gasteiger charge is 2.29. The first kappa shape index (κ1) is 14.6. The summed E-state index contributed by atoms with van der Waals surface area (Å²) in [6.07, 6.45) is -1.33. The van der Waals surface area contributed by atoms with Gasteiger partial charge in [-0.3, -0.25) is 4.79 Å². The Morgan fingerprint density at radius 2 is 1.78 bits per heavy atom. The lowest BCUT2D eigenvalue weighted by molar-refractivity contribution is -0.141. The Labute approximate surface area is 105 Å². The number of nitrogens with one attached hydrogen (secondary N) is 1. The standard InChI is InChI=1S/C11H15NO5S/c1-7-3-5-9(6-4-7)18(16,17)12-10(8(2)13)11(14)15/h3-6,8,10,12-13H,1-2H3,(H,14,15)/t8-,10-/m0/s1. The molecule has 0 unspecified atom stereocenters. The van der Waals surface area contributed by atoms with Crippen LogP contribution in [0.1, 0.15) is 12.5 Å². The van der Waals surface area contributed by atoms with E-state index in [-0.39, 0.29) is 4.90 Å². The van der Waals surface area contributed by atoms with Crippen LogP contribution in [0.4, 0.5) is 0 Å². The smallest absolute Gasteiger partial charge is 0.324 e. The molecule has 3 N–H and O–H groups in total. The summed E-state index contributed by atoms with van der Waals surface area (Å²) in [5.74, 6) is -1.43. The van der Waals surface area contributed by atoms with E-state index < -0.39 is 28.1 Å².